The molecule has 1 aliphatic rings. The molecule has 1 unspecified atom stereocenters. The van der Waals surface area contributed by atoms with Crippen LogP contribution in [0.3, 0.4) is 0 Å². The van der Waals surface area contributed by atoms with Crippen LogP contribution in [0.1, 0.15) is 51.3 Å². The number of hydrogen-bond donors (Lipinski definition) is 2. The first-order valence-electron chi connectivity index (χ1n) is 8.81. The molecule has 0 spiro atoms. The molecule has 0 saturated heterocycles. The van der Waals surface area contributed by atoms with Gasteiger partial charge in [-0.1, -0.05) is 12.1 Å². The Morgan fingerprint density at radius 2 is 2.00 bits per heavy atom. The second kappa shape index (κ2) is 6.92. The molecular formula is C19H25F2NO3. The van der Waals surface area contributed by atoms with Crippen molar-refractivity contribution in [2.24, 2.45) is 0 Å². The zero-order valence-corrected chi connectivity index (χ0v) is 14.6. The monoisotopic (exact) mass is 353 g/mol. The van der Waals surface area contributed by atoms with Gasteiger partial charge in [-0.25, -0.2) is 8.78 Å². The highest BCUT2D eigenvalue weighted by Gasteiger charge is 2.42. The van der Waals surface area contributed by atoms with E-state index in [0.29, 0.717) is 17.9 Å². The summed E-state index contributed by atoms with van der Waals surface area (Å²) in [7, 11) is 0. The minimum Gasteiger partial charge on any atom is -0.490 e. The lowest BCUT2D eigenvalue weighted by atomic mass is 9.82. The zero-order valence-electron chi connectivity index (χ0n) is 14.6. The van der Waals surface area contributed by atoms with E-state index in [2.05, 4.69) is 5.32 Å². The van der Waals surface area contributed by atoms with Crippen molar-refractivity contribution in [2.75, 3.05) is 13.2 Å². The zero-order chi connectivity index (χ0) is 18.1. The predicted molar refractivity (Wildman–Crippen MR) is 92.2 cm³/mol. The number of hydrogen-bond acceptors (Lipinski definition) is 4. The van der Waals surface area contributed by atoms with E-state index in [1.807, 2.05) is 38.1 Å². The summed E-state index contributed by atoms with van der Waals surface area (Å²) in [6, 6.07) is 7.52. The third-order valence-electron chi connectivity index (χ3n) is 4.90. The maximum absolute atomic E-state index is 13.3. The number of halogens is 2. The van der Waals surface area contributed by atoms with E-state index in [1.165, 1.54) is 0 Å². The van der Waals surface area contributed by atoms with Crippen molar-refractivity contribution >= 4 is 11.0 Å². The number of alkyl halides is 2. The highest BCUT2D eigenvalue weighted by Crippen LogP contribution is 2.38. The SMILES string of the molecule is CCOc1cccc2cc(C(C)NCC3(O)CCC(F)(F)CC3)oc12. The molecule has 25 heavy (non-hydrogen) atoms. The molecule has 138 valence electrons. The topological polar surface area (TPSA) is 54.6 Å². The minimum atomic E-state index is -2.65. The fourth-order valence-corrected chi connectivity index (χ4v) is 3.24. The van der Waals surface area contributed by atoms with Crippen LogP contribution in [-0.4, -0.2) is 29.8 Å². The van der Waals surface area contributed by atoms with Gasteiger partial charge in [0.15, 0.2) is 11.3 Å². The molecule has 0 radical (unpaired) electrons. The average Bonchev–Trinajstić information content (AvgIpc) is 3.02. The molecule has 1 aromatic carbocycles. The Morgan fingerprint density at radius 1 is 1.28 bits per heavy atom. The molecular weight excluding hydrogens is 328 g/mol. The molecule has 1 atom stereocenters. The van der Waals surface area contributed by atoms with Crippen LogP contribution in [-0.2, 0) is 0 Å². The van der Waals surface area contributed by atoms with Gasteiger partial charge in [-0.2, -0.15) is 0 Å². The lowest BCUT2D eigenvalue weighted by Gasteiger charge is -2.36. The van der Waals surface area contributed by atoms with Crippen molar-refractivity contribution in [3.05, 3.63) is 30.0 Å². The Balaban J connectivity index is 1.66. The van der Waals surface area contributed by atoms with Crippen molar-refractivity contribution in [3.8, 4) is 5.75 Å². The highest BCUT2D eigenvalue weighted by atomic mass is 19.3. The molecule has 0 aliphatic heterocycles. The number of nitrogens with one attached hydrogen (secondary N) is 1. The van der Waals surface area contributed by atoms with E-state index >= 15 is 0 Å². The van der Waals surface area contributed by atoms with Crippen molar-refractivity contribution in [2.45, 2.75) is 57.1 Å². The van der Waals surface area contributed by atoms with E-state index in [0.717, 1.165) is 11.1 Å². The van der Waals surface area contributed by atoms with Crippen molar-refractivity contribution in [1.29, 1.82) is 0 Å². The van der Waals surface area contributed by atoms with E-state index in [4.69, 9.17) is 9.15 Å². The fourth-order valence-electron chi connectivity index (χ4n) is 3.24. The third kappa shape index (κ3) is 4.12. The molecule has 1 saturated carbocycles. The van der Waals surface area contributed by atoms with Gasteiger partial charge < -0.3 is 19.6 Å². The van der Waals surface area contributed by atoms with Gasteiger partial charge in [0, 0.05) is 24.8 Å². The van der Waals surface area contributed by atoms with Crippen LogP contribution in [0.5, 0.6) is 5.75 Å². The summed E-state index contributed by atoms with van der Waals surface area (Å²) in [4.78, 5) is 0. The maximum atomic E-state index is 13.3. The number of rotatable bonds is 6. The van der Waals surface area contributed by atoms with Gasteiger partial charge in [0.05, 0.1) is 18.2 Å². The van der Waals surface area contributed by atoms with Gasteiger partial charge in [0.2, 0.25) is 5.92 Å². The number of para-hydroxylation sites is 1. The summed E-state index contributed by atoms with van der Waals surface area (Å²) in [5, 5.41) is 14.7. The van der Waals surface area contributed by atoms with Crippen LogP contribution in [0.4, 0.5) is 8.78 Å². The van der Waals surface area contributed by atoms with Crippen molar-refractivity contribution in [3.63, 3.8) is 0 Å². The first kappa shape index (κ1) is 18.1. The summed E-state index contributed by atoms with van der Waals surface area (Å²) in [5.74, 6) is -1.22. The molecule has 1 aliphatic carbocycles. The van der Waals surface area contributed by atoms with E-state index in [9.17, 15) is 13.9 Å². The molecule has 1 heterocycles. The van der Waals surface area contributed by atoms with Crippen molar-refractivity contribution < 1.29 is 23.0 Å². The largest absolute Gasteiger partial charge is 0.490 e. The van der Waals surface area contributed by atoms with E-state index in [1.54, 1.807) is 0 Å². The fraction of sp³-hybridized carbons (Fsp3) is 0.579. The van der Waals surface area contributed by atoms with Gasteiger partial charge >= 0.3 is 0 Å². The normalized spacial score (nSPS) is 20.5. The number of aliphatic hydroxyl groups is 1. The first-order valence-corrected chi connectivity index (χ1v) is 8.81. The van der Waals surface area contributed by atoms with E-state index < -0.39 is 11.5 Å². The summed E-state index contributed by atoms with van der Waals surface area (Å²) in [6.07, 6.45) is -0.313. The second-order valence-electron chi connectivity index (χ2n) is 6.94. The molecule has 2 aromatic rings. The Bertz CT molecular complexity index is 719. The quantitative estimate of drug-likeness (QED) is 0.807. The number of benzene rings is 1. The summed E-state index contributed by atoms with van der Waals surface area (Å²) < 4.78 is 38.1. The van der Waals surface area contributed by atoms with Crippen LogP contribution in [0.15, 0.2) is 28.7 Å². The second-order valence-corrected chi connectivity index (χ2v) is 6.94. The maximum Gasteiger partial charge on any atom is 0.248 e. The molecule has 1 fully saturated rings. The minimum absolute atomic E-state index is 0.105. The Kier molecular flexibility index (Phi) is 5.02. The lowest BCUT2D eigenvalue weighted by Crippen LogP contribution is -2.46. The van der Waals surface area contributed by atoms with Crippen LogP contribution >= 0.6 is 0 Å². The molecule has 4 nitrogen and oxygen atoms in total. The molecule has 6 heteroatoms. The third-order valence-corrected chi connectivity index (χ3v) is 4.90. The summed E-state index contributed by atoms with van der Waals surface area (Å²) in [5.41, 5.74) is -0.387. The van der Waals surface area contributed by atoms with Gasteiger partial charge in [0.1, 0.15) is 5.76 Å². The van der Waals surface area contributed by atoms with Crippen LogP contribution in [0.25, 0.3) is 11.0 Å². The standard InChI is InChI=1S/C19H25F2NO3/c1-3-24-15-6-4-5-14-11-16(25-17(14)15)13(2)22-12-18(23)7-9-19(20,21)10-8-18/h4-6,11,13,22-23H,3,7-10,12H2,1-2H3. The number of furan rings is 1. The average molecular weight is 353 g/mol. The number of ether oxygens (including phenoxy) is 1. The first-order chi connectivity index (χ1) is 11.8. The Hall–Kier alpha value is -1.66. The lowest BCUT2D eigenvalue weighted by molar-refractivity contribution is -0.102. The van der Waals surface area contributed by atoms with Crippen LogP contribution in [0, 0.1) is 0 Å². The Morgan fingerprint density at radius 3 is 2.68 bits per heavy atom. The Labute approximate surface area is 146 Å². The van der Waals surface area contributed by atoms with Crippen LogP contribution < -0.4 is 10.1 Å². The summed E-state index contributed by atoms with van der Waals surface area (Å²) in [6.45, 7) is 4.67. The molecule has 0 amide bonds. The summed E-state index contributed by atoms with van der Waals surface area (Å²) >= 11 is 0. The smallest absolute Gasteiger partial charge is 0.248 e. The van der Waals surface area contributed by atoms with Crippen LogP contribution in [0.2, 0.25) is 0 Å². The van der Waals surface area contributed by atoms with Gasteiger partial charge in [-0.05, 0) is 38.8 Å². The molecule has 3 rings (SSSR count). The number of fused-ring (bicyclic) bond motifs is 1. The molecule has 0 bridgehead atoms. The van der Waals surface area contributed by atoms with Crippen molar-refractivity contribution in [1.82, 2.24) is 5.32 Å². The van der Waals surface area contributed by atoms with Gasteiger partial charge in [-0.3, -0.25) is 0 Å². The van der Waals surface area contributed by atoms with Gasteiger partial charge in [-0.15, -0.1) is 0 Å². The van der Waals surface area contributed by atoms with E-state index in [-0.39, 0.29) is 38.3 Å². The van der Waals surface area contributed by atoms with Gasteiger partial charge in [0.25, 0.3) is 0 Å². The predicted octanol–water partition coefficient (Wildman–Crippen LogP) is 4.42. The molecule has 1 aromatic heterocycles. The highest BCUT2D eigenvalue weighted by molar-refractivity contribution is 5.83. The molecule has 2 N–H and O–H groups in total.